The highest BCUT2D eigenvalue weighted by atomic mass is 16.5. The van der Waals surface area contributed by atoms with E-state index in [9.17, 15) is 5.11 Å². The van der Waals surface area contributed by atoms with E-state index in [-0.39, 0.29) is 5.60 Å². The van der Waals surface area contributed by atoms with Crippen LogP contribution in [0.2, 0.25) is 0 Å². The summed E-state index contributed by atoms with van der Waals surface area (Å²) in [4.78, 5) is 0. The van der Waals surface area contributed by atoms with E-state index in [1.165, 1.54) is 5.56 Å². The van der Waals surface area contributed by atoms with Gasteiger partial charge in [0, 0.05) is 7.11 Å². The summed E-state index contributed by atoms with van der Waals surface area (Å²) in [5, 5.41) is 10.9. The van der Waals surface area contributed by atoms with E-state index in [0.29, 0.717) is 0 Å². The van der Waals surface area contributed by atoms with E-state index in [0.717, 1.165) is 37.7 Å². The molecular formula is C16H24O2. The summed E-state index contributed by atoms with van der Waals surface area (Å²) >= 11 is 0. The monoisotopic (exact) mass is 248 g/mol. The van der Waals surface area contributed by atoms with Crippen molar-refractivity contribution in [3.63, 3.8) is 0 Å². The Labute approximate surface area is 110 Å². The van der Waals surface area contributed by atoms with Gasteiger partial charge in [0.1, 0.15) is 0 Å². The molecule has 2 rings (SSSR count). The number of hydrogen-bond donors (Lipinski definition) is 1. The van der Waals surface area contributed by atoms with Crippen LogP contribution in [-0.4, -0.2) is 17.8 Å². The van der Waals surface area contributed by atoms with Crippen LogP contribution in [0, 0.1) is 0 Å². The van der Waals surface area contributed by atoms with Crippen LogP contribution in [0.1, 0.15) is 50.7 Å². The van der Waals surface area contributed by atoms with Crippen LogP contribution in [0.5, 0.6) is 0 Å². The molecule has 0 aromatic heterocycles. The average Bonchev–Trinajstić information content (AvgIpc) is 2.38. The van der Waals surface area contributed by atoms with Gasteiger partial charge < -0.3 is 9.84 Å². The highest BCUT2D eigenvalue weighted by Crippen LogP contribution is 2.39. The maximum Gasteiger partial charge on any atom is 0.0900 e. The molecule has 0 spiro atoms. The molecule has 1 N–H and O–H groups in total. The first kappa shape index (κ1) is 13.6. The van der Waals surface area contributed by atoms with E-state index in [1.54, 1.807) is 7.11 Å². The van der Waals surface area contributed by atoms with Crippen molar-refractivity contribution in [2.75, 3.05) is 7.11 Å². The summed E-state index contributed by atoms with van der Waals surface area (Å²) in [5.41, 5.74) is 1.61. The third-order valence-electron chi connectivity index (χ3n) is 4.25. The van der Waals surface area contributed by atoms with Gasteiger partial charge >= 0.3 is 0 Å². The Morgan fingerprint density at radius 2 is 2.06 bits per heavy atom. The minimum atomic E-state index is -0.662. The van der Waals surface area contributed by atoms with Crippen LogP contribution >= 0.6 is 0 Å². The predicted octanol–water partition coefficient (Wildman–Crippen LogP) is 3.42. The van der Waals surface area contributed by atoms with Crippen molar-refractivity contribution in [3.05, 3.63) is 35.4 Å². The summed E-state index contributed by atoms with van der Waals surface area (Å²) in [5.74, 6) is 0. The van der Waals surface area contributed by atoms with Gasteiger partial charge in [-0.15, -0.1) is 0 Å². The Morgan fingerprint density at radius 1 is 1.33 bits per heavy atom. The lowest BCUT2D eigenvalue weighted by molar-refractivity contribution is -0.0366. The van der Waals surface area contributed by atoms with Gasteiger partial charge in [0.15, 0.2) is 0 Å². The first-order valence-electron chi connectivity index (χ1n) is 6.83. The zero-order valence-electron chi connectivity index (χ0n) is 11.7. The van der Waals surface area contributed by atoms with Gasteiger partial charge in [-0.25, -0.2) is 0 Å². The third kappa shape index (κ3) is 2.76. The molecular weight excluding hydrogens is 224 g/mol. The van der Waals surface area contributed by atoms with Crippen molar-refractivity contribution in [2.45, 2.75) is 57.2 Å². The zero-order valence-corrected chi connectivity index (χ0v) is 11.7. The Hall–Kier alpha value is -0.860. The molecule has 0 bridgehead atoms. The molecule has 100 valence electrons. The number of fused-ring (bicyclic) bond motifs is 1. The van der Waals surface area contributed by atoms with Crippen LogP contribution in [-0.2, 0) is 16.8 Å². The number of hydrogen-bond acceptors (Lipinski definition) is 2. The summed E-state index contributed by atoms with van der Waals surface area (Å²) in [6, 6.07) is 8.30. The first-order chi connectivity index (χ1) is 8.47. The zero-order chi connectivity index (χ0) is 13.2. The van der Waals surface area contributed by atoms with Crippen LogP contribution in [0.15, 0.2) is 24.3 Å². The van der Waals surface area contributed by atoms with Gasteiger partial charge in [0.2, 0.25) is 0 Å². The largest absolute Gasteiger partial charge is 0.385 e. The fourth-order valence-electron chi connectivity index (χ4n) is 2.77. The topological polar surface area (TPSA) is 29.5 Å². The molecule has 1 aliphatic carbocycles. The number of aryl methyl sites for hydroxylation is 1. The van der Waals surface area contributed by atoms with Gasteiger partial charge in [-0.3, -0.25) is 0 Å². The average molecular weight is 248 g/mol. The second-order valence-corrected chi connectivity index (χ2v) is 6.01. The highest BCUT2D eigenvalue weighted by molar-refractivity contribution is 5.34. The molecule has 0 aliphatic heterocycles. The highest BCUT2D eigenvalue weighted by Gasteiger charge is 2.35. The molecule has 0 saturated heterocycles. The molecule has 1 unspecified atom stereocenters. The van der Waals surface area contributed by atoms with Gasteiger partial charge in [-0.05, 0) is 57.1 Å². The van der Waals surface area contributed by atoms with Gasteiger partial charge in [0.05, 0.1) is 11.2 Å². The first-order valence-corrected chi connectivity index (χ1v) is 6.83. The van der Waals surface area contributed by atoms with Crippen molar-refractivity contribution >= 4 is 0 Å². The Balaban J connectivity index is 2.17. The summed E-state index contributed by atoms with van der Waals surface area (Å²) in [6.45, 7) is 4.15. The molecule has 0 fully saturated rings. The Bertz CT molecular complexity index is 411. The minimum absolute atomic E-state index is 0.165. The molecule has 18 heavy (non-hydrogen) atoms. The van der Waals surface area contributed by atoms with E-state index in [2.05, 4.69) is 32.0 Å². The van der Waals surface area contributed by atoms with Crippen LogP contribution < -0.4 is 0 Å². The number of aliphatic hydroxyl groups is 1. The SMILES string of the molecule is COC(C)(C)CCC1(O)CCCc2ccccc21. The fraction of sp³-hybridized carbons (Fsp3) is 0.625. The van der Waals surface area contributed by atoms with Crippen molar-refractivity contribution in [1.29, 1.82) is 0 Å². The van der Waals surface area contributed by atoms with E-state index >= 15 is 0 Å². The Kier molecular flexibility index (Phi) is 3.79. The molecule has 2 nitrogen and oxygen atoms in total. The Morgan fingerprint density at radius 3 is 2.78 bits per heavy atom. The minimum Gasteiger partial charge on any atom is -0.385 e. The fourth-order valence-corrected chi connectivity index (χ4v) is 2.77. The van der Waals surface area contributed by atoms with E-state index in [1.807, 2.05) is 6.07 Å². The lowest BCUT2D eigenvalue weighted by atomic mass is 9.75. The number of rotatable bonds is 4. The van der Waals surface area contributed by atoms with Crippen molar-refractivity contribution < 1.29 is 9.84 Å². The molecule has 0 heterocycles. The smallest absolute Gasteiger partial charge is 0.0900 e. The third-order valence-corrected chi connectivity index (χ3v) is 4.25. The molecule has 0 amide bonds. The summed E-state index contributed by atoms with van der Waals surface area (Å²) in [6.07, 6.45) is 4.66. The van der Waals surface area contributed by atoms with Crippen molar-refractivity contribution in [1.82, 2.24) is 0 Å². The molecule has 1 atom stereocenters. The molecule has 1 aliphatic rings. The molecule has 0 saturated carbocycles. The van der Waals surface area contributed by atoms with Crippen LogP contribution in [0.25, 0.3) is 0 Å². The normalized spacial score (nSPS) is 23.8. The summed E-state index contributed by atoms with van der Waals surface area (Å²) < 4.78 is 5.45. The molecule has 2 heteroatoms. The quantitative estimate of drug-likeness (QED) is 0.884. The molecule has 1 aromatic carbocycles. The van der Waals surface area contributed by atoms with Gasteiger partial charge in [0.25, 0.3) is 0 Å². The van der Waals surface area contributed by atoms with Gasteiger partial charge in [-0.2, -0.15) is 0 Å². The molecule has 1 aromatic rings. The maximum atomic E-state index is 10.9. The lowest BCUT2D eigenvalue weighted by Gasteiger charge is -2.37. The van der Waals surface area contributed by atoms with Crippen molar-refractivity contribution in [2.24, 2.45) is 0 Å². The van der Waals surface area contributed by atoms with Crippen LogP contribution in [0.3, 0.4) is 0 Å². The van der Waals surface area contributed by atoms with E-state index < -0.39 is 5.60 Å². The number of benzene rings is 1. The summed E-state index contributed by atoms with van der Waals surface area (Å²) in [7, 11) is 1.73. The number of methoxy groups -OCH3 is 1. The molecule has 0 radical (unpaired) electrons. The van der Waals surface area contributed by atoms with Gasteiger partial charge in [-0.1, -0.05) is 24.3 Å². The second kappa shape index (κ2) is 5.02. The lowest BCUT2D eigenvalue weighted by Crippen LogP contribution is -2.34. The standard InChI is InChI=1S/C16H24O2/c1-15(2,18-3)11-12-16(17)10-6-8-13-7-4-5-9-14(13)16/h4-5,7,9,17H,6,8,10-12H2,1-3H3. The number of ether oxygens (including phenoxy) is 1. The van der Waals surface area contributed by atoms with E-state index in [4.69, 9.17) is 4.74 Å². The maximum absolute atomic E-state index is 10.9. The predicted molar refractivity (Wildman–Crippen MR) is 73.6 cm³/mol. The van der Waals surface area contributed by atoms with Crippen molar-refractivity contribution in [3.8, 4) is 0 Å². The van der Waals surface area contributed by atoms with Crippen LogP contribution in [0.4, 0.5) is 0 Å². The second-order valence-electron chi connectivity index (χ2n) is 6.01.